The molecule has 2 aromatic carbocycles. The Balaban J connectivity index is 1.63. The summed E-state index contributed by atoms with van der Waals surface area (Å²) in [7, 11) is 3.75. The molecule has 0 atom stereocenters. The molecule has 1 aliphatic heterocycles. The molecule has 0 saturated carbocycles. The van der Waals surface area contributed by atoms with E-state index < -0.39 is 5.91 Å². The lowest BCUT2D eigenvalue weighted by atomic mass is 10.0. The van der Waals surface area contributed by atoms with Gasteiger partial charge in [-0.15, -0.1) is 0 Å². The van der Waals surface area contributed by atoms with Crippen molar-refractivity contribution in [1.82, 2.24) is 9.88 Å². The van der Waals surface area contributed by atoms with Gasteiger partial charge in [0.2, 0.25) is 0 Å². The second-order valence-corrected chi connectivity index (χ2v) is 9.10. The van der Waals surface area contributed by atoms with Gasteiger partial charge in [0.1, 0.15) is 5.75 Å². The number of aromatic nitrogens is 1. The number of hydrogen-bond donors (Lipinski definition) is 2. The molecule has 178 valence electrons. The number of carbonyl (C=O) groups is 1. The van der Waals surface area contributed by atoms with E-state index in [4.69, 9.17) is 33.7 Å². The van der Waals surface area contributed by atoms with Gasteiger partial charge in [0, 0.05) is 60.6 Å². The van der Waals surface area contributed by atoms with Crippen LogP contribution >= 0.6 is 23.2 Å². The fourth-order valence-corrected chi connectivity index (χ4v) is 4.52. The number of likely N-dealkylation sites (N-methyl/N-ethyl adjacent to an activating group) is 1. The number of rotatable bonds is 7. The average molecular weight is 500 g/mol. The second-order valence-electron chi connectivity index (χ2n) is 8.28. The van der Waals surface area contributed by atoms with Crippen molar-refractivity contribution in [2.75, 3.05) is 50.6 Å². The number of pyridine rings is 1. The number of benzene rings is 2. The largest absolute Gasteiger partial charge is 0.494 e. The Kier molecular flexibility index (Phi) is 7.46. The van der Waals surface area contributed by atoms with Crippen LogP contribution in [-0.2, 0) is 6.42 Å². The van der Waals surface area contributed by atoms with Gasteiger partial charge in [0.05, 0.1) is 18.5 Å². The summed E-state index contributed by atoms with van der Waals surface area (Å²) < 4.78 is 5.66. The first-order valence-corrected chi connectivity index (χ1v) is 11.7. The molecule has 0 radical (unpaired) electrons. The maximum atomic E-state index is 12.1. The highest BCUT2D eigenvalue weighted by molar-refractivity contribution is 6.36. The summed E-state index contributed by atoms with van der Waals surface area (Å²) in [4.78, 5) is 21.0. The van der Waals surface area contributed by atoms with Gasteiger partial charge in [-0.2, -0.15) is 0 Å². The average Bonchev–Trinajstić information content (AvgIpc) is 2.82. The van der Waals surface area contributed by atoms with E-state index in [9.17, 15) is 4.79 Å². The first-order valence-electron chi connectivity index (χ1n) is 11.0. The summed E-state index contributed by atoms with van der Waals surface area (Å²) in [6.07, 6.45) is 2.07. The third-order valence-electron chi connectivity index (χ3n) is 5.94. The van der Waals surface area contributed by atoms with E-state index in [2.05, 4.69) is 27.1 Å². The molecule has 1 saturated heterocycles. The standard InChI is InChI=1S/C25H27Cl2N5O2/c1-31-8-10-32(11-9-31)17-6-7-21(23(14-17)34-2)30-22-13-16(15-29-24(22)25(28)33)12-18-19(26)4-3-5-20(18)27/h3-7,13-15,30H,8-12H2,1-2H3,(H2,28,33). The molecule has 0 aliphatic carbocycles. The number of nitrogens with zero attached hydrogens (tertiary/aromatic N) is 3. The molecular weight excluding hydrogens is 473 g/mol. The van der Waals surface area contributed by atoms with Crippen LogP contribution in [0.1, 0.15) is 21.6 Å². The molecule has 3 N–H and O–H groups in total. The number of nitrogens with one attached hydrogen (secondary N) is 1. The van der Waals surface area contributed by atoms with Crippen molar-refractivity contribution in [2.24, 2.45) is 5.73 Å². The zero-order chi connectivity index (χ0) is 24.2. The molecule has 7 nitrogen and oxygen atoms in total. The molecule has 3 aromatic rings. The summed E-state index contributed by atoms with van der Waals surface area (Å²) in [6.45, 7) is 3.93. The molecule has 2 heterocycles. The lowest BCUT2D eigenvalue weighted by molar-refractivity contribution is 0.0996. The number of carbonyl (C=O) groups excluding carboxylic acids is 1. The van der Waals surface area contributed by atoms with Gasteiger partial charge in [-0.3, -0.25) is 4.79 Å². The maximum absolute atomic E-state index is 12.1. The number of amides is 1. The molecule has 0 spiro atoms. The van der Waals surface area contributed by atoms with Gasteiger partial charge >= 0.3 is 0 Å². The first kappa shape index (κ1) is 24.1. The summed E-state index contributed by atoms with van der Waals surface area (Å²) in [5.74, 6) is 0.0317. The Morgan fingerprint density at radius 2 is 1.79 bits per heavy atom. The summed E-state index contributed by atoms with van der Waals surface area (Å²) in [6, 6.07) is 13.2. The Hall–Kier alpha value is -3.00. The Morgan fingerprint density at radius 3 is 2.44 bits per heavy atom. The summed E-state index contributed by atoms with van der Waals surface area (Å²) >= 11 is 12.7. The number of anilines is 3. The normalized spacial score (nSPS) is 14.2. The molecule has 0 unspecified atom stereocenters. The molecular formula is C25H27Cl2N5O2. The fourth-order valence-electron chi connectivity index (χ4n) is 3.99. The van der Waals surface area contributed by atoms with E-state index in [1.807, 2.05) is 24.3 Å². The molecule has 1 aromatic heterocycles. The van der Waals surface area contributed by atoms with E-state index in [-0.39, 0.29) is 5.69 Å². The van der Waals surface area contributed by atoms with E-state index in [1.54, 1.807) is 31.5 Å². The summed E-state index contributed by atoms with van der Waals surface area (Å²) in [5.41, 5.74) is 9.64. The van der Waals surface area contributed by atoms with Crippen LogP contribution < -0.4 is 20.7 Å². The highest BCUT2D eigenvalue weighted by Crippen LogP contribution is 2.34. The Labute approximate surface area is 209 Å². The number of nitrogens with two attached hydrogens (primary N) is 1. The smallest absolute Gasteiger partial charge is 0.269 e. The number of methoxy groups -OCH3 is 1. The van der Waals surface area contributed by atoms with Crippen LogP contribution in [0.3, 0.4) is 0 Å². The lowest BCUT2D eigenvalue weighted by Gasteiger charge is -2.34. The highest BCUT2D eigenvalue weighted by atomic mass is 35.5. The predicted molar refractivity (Wildman–Crippen MR) is 138 cm³/mol. The molecule has 34 heavy (non-hydrogen) atoms. The minimum absolute atomic E-state index is 0.138. The van der Waals surface area contributed by atoms with Gasteiger partial charge in [0.15, 0.2) is 5.69 Å². The van der Waals surface area contributed by atoms with E-state index in [0.717, 1.165) is 43.0 Å². The predicted octanol–water partition coefficient (Wildman–Crippen LogP) is 4.58. The van der Waals surface area contributed by atoms with Crippen molar-refractivity contribution in [3.8, 4) is 5.75 Å². The Bertz CT molecular complexity index is 1180. The first-order chi connectivity index (χ1) is 16.4. The van der Waals surface area contributed by atoms with Crippen LogP contribution in [0.15, 0.2) is 48.7 Å². The van der Waals surface area contributed by atoms with Gasteiger partial charge in [-0.25, -0.2) is 4.98 Å². The van der Waals surface area contributed by atoms with Gasteiger partial charge in [-0.1, -0.05) is 29.3 Å². The van der Waals surface area contributed by atoms with Crippen molar-refractivity contribution in [3.05, 3.63) is 75.5 Å². The van der Waals surface area contributed by atoms with Gasteiger partial charge in [-0.05, 0) is 48.5 Å². The van der Waals surface area contributed by atoms with Crippen LogP contribution in [0.25, 0.3) is 0 Å². The van der Waals surface area contributed by atoms with Crippen LogP contribution in [-0.4, -0.2) is 56.1 Å². The van der Waals surface area contributed by atoms with Crippen molar-refractivity contribution >= 4 is 46.2 Å². The number of primary amides is 1. The van der Waals surface area contributed by atoms with Gasteiger partial charge < -0.3 is 25.6 Å². The van der Waals surface area contributed by atoms with Crippen LogP contribution in [0.4, 0.5) is 17.1 Å². The third kappa shape index (κ3) is 5.38. The third-order valence-corrected chi connectivity index (χ3v) is 6.65. The molecule has 9 heteroatoms. The minimum atomic E-state index is -0.627. The van der Waals surface area contributed by atoms with E-state index in [1.165, 1.54) is 0 Å². The quantitative estimate of drug-likeness (QED) is 0.494. The lowest BCUT2D eigenvalue weighted by Crippen LogP contribution is -2.44. The SMILES string of the molecule is COc1cc(N2CCN(C)CC2)ccc1Nc1cc(Cc2c(Cl)cccc2Cl)cnc1C(N)=O. The minimum Gasteiger partial charge on any atom is -0.494 e. The van der Waals surface area contributed by atoms with Crippen molar-refractivity contribution in [1.29, 1.82) is 0 Å². The molecule has 1 amide bonds. The monoisotopic (exact) mass is 499 g/mol. The topological polar surface area (TPSA) is 83.7 Å². The van der Waals surface area contributed by atoms with Crippen LogP contribution in [0.2, 0.25) is 10.0 Å². The Morgan fingerprint density at radius 1 is 1.09 bits per heavy atom. The van der Waals surface area contributed by atoms with Crippen molar-refractivity contribution in [2.45, 2.75) is 6.42 Å². The zero-order valence-electron chi connectivity index (χ0n) is 19.1. The number of ether oxygens (including phenoxy) is 1. The van der Waals surface area contributed by atoms with Crippen LogP contribution in [0, 0.1) is 0 Å². The van der Waals surface area contributed by atoms with Gasteiger partial charge in [0.25, 0.3) is 5.91 Å². The van der Waals surface area contributed by atoms with E-state index in [0.29, 0.717) is 33.6 Å². The number of halogens is 2. The molecule has 1 fully saturated rings. The maximum Gasteiger partial charge on any atom is 0.269 e. The van der Waals surface area contributed by atoms with Crippen molar-refractivity contribution < 1.29 is 9.53 Å². The zero-order valence-corrected chi connectivity index (χ0v) is 20.7. The number of piperazine rings is 1. The fraction of sp³-hybridized carbons (Fsp3) is 0.280. The number of hydrogen-bond acceptors (Lipinski definition) is 6. The second kappa shape index (κ2) is 10.5. The van der Waals surface area contributed by atoms with Crippen molar-refractivity contribution in [3.63, 3.8) is 0 Å². The molecule has 1 aliphatic rings. The van der Waals surface area contributed by atoms with Crippen LogP contribution in [0.5, 0.6) is 5.75 Å². The molecule has 0 bridgehead atoms. The highest BCUT2D eigenvalue weighted by Gasteiger charge is 2.18. The summed E-state index contributed by atoms with van der Waals surface area (Å²) in [5, 5.41) is 4.43. The molecule has 4 rings (SSSR count). The van der Waals surface area contributed by atoms with E-state index >= 15 is 0 Å².